The first-order valence-corrected chi connectivity index (χ1v) is 11.8. The van der Waals surface area contributed by atoms with Crippen molar-refractivity contribution >= 4 is 0 Å². The summed E-state index contributed by atoms with van der Waals surface area (Å²) in [6, 6.07) is 16.0. The third-order valence-corrected chi connectivity index (χ3v) is 5.85. The van der Waals surface area contributed by atoms with Crippen molar-refractivity contribution in [2.24, 2.45) is 0 Å². The Kier molecular flexibility index (Phi) is 8.39. The molecule has 0 bridgehead atoms. The number of hydrogen-bond acceptors (Lipinski definition) is 6. The number of methoxy groups -OCH3 is 1. The molecule has 1 aliphatic heterocycles. The van der Waals surface area contributed by atoms with Crippen molar-refractivity contribution in [2.45, 2.75) is 58.3 Å². The lowest BCUT2D eigenvalue weighted by atomic mass is 10.0. The number of ether oxygens (including phenoxy) is 4. The zero-order chi connectivity index (χ0) is 22.9. The molecule has 0 spiro atoms. The molecule has 6 nitrogen and oxygen atoms in total. The highest BCUT2D eigenvalue weighted by Crippen LogP contribution is 2.30. The van der Waals surface area contributed by atoms with Gasteiger partial charge in [-0.2, -0.15) is 0 Å². The molecule has 1 aromatic heterocycles. The molecular formula is C27H33NO5. The van der Waals surface area contributed by atoms with Crippen molar-refractivity contribution in [3.05, 3.63) is 65.5 Å². The fourth-order valence-electron chi connectivity index (χ4n) is 3.97. The normalized spacial score (nSPS) is 14.0. The molecule has 1 fully saturated rings. The molecule has 0 atom stereocenters. The molecule has 2 aromatic carbocycles. The van der Waals surface area contributed by atoms with Crippen LogP contribution in [0, 0.1) is 6.92 Å². The van der Waals surface area contributed by atoms with E-state index in [4.69, 9.17) is 23.4 Å². The van der Waals surface area contributed by atoms with Crippen LogP contribution in [0.5, 0.6) is 11.5 Å². The molecule has 0 saturated carbocycles. The van der Waals surface area contributed by atoms with Gasteiger partial charge in [0.05, 0.1) is 20.3 Å². The number of aromatic nitrogens is 1. The summed E-state index contributed by atoms with van der Waals surface area (Å²) >= 11 is 0. The van der Waals surface area contributed by atoms with E-state index >= 15 is 0 Å². The van der Waals surface area contributed by atoms with E-state index in [0.717, 1.165) is 61.7 Å². The molecule has 6 heteroatoms. The zero-order valence-electron chi connectivity index (χ0n) is 19.5. The summed E-state index contributed by atoms with van der Waals surface area (Å²) in [5, 5.41) is 0. The Bertz CT molecular complexity index is 995. The van der Waals surface area contributed by atoms with Crippen LogP contribution in [0.4, 0.5) is 0 Å². The average Bonchev–Trinajstić information content (AvgIpc) is 3.50. The minimum atomic E-state index is 0.0211. The smallest absolute Gasteiger partial charge is 0.226 e. The SMILES string of the molecule is COc1cc(CCCCCCC2OCCO2)ccc1OCc1nc(-c2ccccc2)oc1C. The maximum Gasteiger partial charge on any atom is 0.226 e. The monoisotopic (exact) mass is 451 g/mol. The Morgan fingerprint density at radius 3 is 2.52 bits per heavy atom. The topological polar surface area (TPSA) is 63.0 Å². The maximum atomic E-state index is 6.03. The first-order valence-electron chi connectivity index (χ1n) is 11.8. The highest BCUT2D eigenvalue weighted by molar-refractivity contribution is 5.53. The fourth-order valence-corrected chi connectivity index (χ4v) is 3.97. The molecule has 33 heavy (non-hydrogen) atoms. The number of rotatable bonds is 12. The van der Waals surface area contributed by atoms with Crippen molar-refractivity contribution < 1.29 is 23.4 Å². The van der Waals surface area contributed by atoms with Gasteiger partial charge in [-0.15, -0.1) is 0 Å². The lowest BCUT2D eigenvalue weighted by Gasteiger charge is -2.12. The average molecular weight is 452 g/mol. The van der Waals surface area contributed by atoms with E-state index in [0.29, 0.717) is 18.2 Å². The second-order valence-electron chi connectivity index (χ2n) is 8.29. The molecule has 1 saturated heterocycles. The Labute approximate surface area is 195 Å². The number of hydrogen-bond donors (Lipinski definition) is 0. The van der Waals surface area contributed by atoms with E-state index in [2.05, 4.69) is 17.1 Å². The van der Waals surface area contributed by atoms with Gasteiger partial charge in [-0.1, -0.05) is 37.1 Å². The lowest BCUT2D eigenvalue weighted by molar-refractivity contribution is -0.0480. The van der Waals surface area contributed by atoms with E-state index in [1.807, 2.05) is 43.3 Å². The number of nitrogens with zero attached hydrogens (tertiary/aromatic N) is 1. The van der Waals surface area contributed by atoms with Crippen LogP contribution in [0.15, 0.2) is 52.9 Å². The van der Waals surface area contributed by atoms with Crippen molar-refractivity contribution in [2.75, 3.05) is 20.3 Å². The number of aryl methyl sites for hydroxylation is 2. The van der Waals surface area contributed by atoms with Crippen LogP contribution >= 0.6 is 0 Å². The van der Waals surface area contributed by atoms with Crippen molar-refractivity contribution in [1.29, 1.82) is 0 Å². The molecule has 4 rings (SSSR count). The number of benzene rings is 2. The van der Waals surface area contributed by atoms with Crippen LogP contribution in [0.25, 0.3) is 11.5 Å². The van der Waals surface area contributed by atoms with Gasteiger partial charge in [0.2, 0.25) is 5.89 Å². The van der Waals surface area contributed by atoms with E-state index < -0.39 is 0 Å². The van der Waals surface area contributed by atoms with Gasteiger partial charge in [0.15, 0.2) is 17.8 Å². The summed E-state index contributed by atoms with van der Waals surface area (Å²) in [5.74, 6) is 2.82. The zero-order valence-corrected chi connectivity index (χ0v) is 19.5. The van der Waals surface area contributed by atoms with Gasteiger partial charge >= 0.3 is 0 Å². The first-order chi connectivity index (χ1) is 16.2. The molecule has 3 aromatic rings. The molecule has 1 aliphatic rings. The standard InChI is InChI=1S/C27H33NO5/c1-20-23(28-27(33-20)22-11-7-5-8-12-22)19-32-24-15-14-21(18-25(24)29-2)10-6-3-4-9-13-26-30-16-17-31-26/h5,7-8,11-12,14-15,18,26H,3-4,6,9-10,13,16-17,19H2,1-2H3. The molecule has 0 unspecified atom stereocenters. The third kappa shape index (κ3) is 6.59. The van der Waals surface area contributed by atoms with Crippen LogP contribution in [0.1, 0.15) is 49.1 Å². The van der Waals surface area contributed by atoms with Crippen molar-refractivity contribution in [3.8, 4) is 23.0 Å². The third-order valence-electron chi connectivity index (χ3n) is 5.85. The summed E-state index contributed by atoms with van der Waals surface area (Å²) in [6.45, 7) is 3.71. The summed E-state index contributed by atoms with van der Waals surface area (Å²) < 4.78 is 28.4. The van der Waals surface area contributed by atoms with Crippen molar-refractivity contribution in [1.82, 2.24) is 4.98 Å². The molecule has 0 radical (unpaired) electrons. The molecular weight excluding hydrogens is 418 g/mol. The van der Waals surface area contributed by atoms with Gasteiger partial charge in [-0.3, -0.25) is 0 Å². The van der Waals surface area contributed by atoms with Gasteiger partial charge in [-0.25, -0.2) is 4.98 Å². The van der Waals surface area contributed by atoms with E-state index in [9.17, 15) is 0 Å². The minimum Gasteiger partial charge on any atom is -0.493 e. The fraction of sp³-hybridized carbons (Fsp3) is 0.444. The molecule has 0 aliphatic carbocycles. The van der Waals surface area contributed by atoms with Crippen molar-refractivity contribution in [3.63, 3.8) is 0 Å². The van der Waals surface area contributed by atoms with E-state index in [1.165, 1.54) is 18.4 Å². The maximum absolute atomic E-state index is 6.03. The quantitative estimate of drug-likeness (QED) is 0.310. The number of oxazole rings is 1. The molecule has 176 valence electrons. The number of unbranched alkanes of at least 4 members (excludes halogenated alkanes) is 3. The van der Waals surface area contributed by atoms with Crippen LogP contribution in [0.3, 0.4) is 0 Å². The lowest BCUT2D eigenvalue weighted by Crippen LogP contribution is -2.06. The van der Waals surface area contributed by atoms with Crippen LogP contribution < -0.4 is 9.47 Å². The minimum absolute atomic E-state index is 0.0211. The Morgan fingerprint density at radius 2 is 1.73 bits per heavy atom. The Hall–Kier alpha value is -2.83. The summed E-state index contributed by atoms with van der Waals surface area (Å²) in [6.07, 6.45) is 6.73. The highest BCUT2D eigenvalue weighted by atomic mass is 16.7. The highest BCUT2D eigenvalue weighted by Gasteiger charge is 2.15. The van der Waals surface area contributed by atoms with Gasteiger partial charge in [0.25, 0.3) is 0 Å². The second kappa shape index (κ2) is 11.9. The summed E-state index contributed by atoms with van der Waals surface area (Å²) in [4.78, 5) is 4.61. The Morgan fingerprint density at radius 1 is 0.939 bits per heavy atom. The Balaban J connectivity index is 1.25. The summed E-state index contributed by atoms with van der Waals surface area (Å²) in [7, 11) is 1.67. The molecule has 2 heterocycles. The molecule has 0 N–H and O–H groups in total. The largest absolute Gasteiger partial charge is 0.493 e. The summed E-state index contributed by atoms with van der Waals surface area (Å²) in [5.41, 5.74) is 2.99. The predicted molar refractivity (Wildman–Crippen MR) is 126 cm³/mol. The van der Waals surface area contributed by atoms with Crippen LogP contribution in [0.2, 0.25) is 0 Å². The molecule has 0 amide bonds. The van der Waals surface area contributed by atoms with Crippen LogP contribution in [-0.2, 0) is 22.5 Å². The van der Waals surface area contributed by atoms with E-state index in [-0.39, 0.29) is 6.29 Å². The van der Waals surface area contributed by atoms with Gasteiger partial charge < -0.3 is 23.4 Å². The van der Waals surface area contributed by atoms with Gasteiger partial charge in [0.1, 0.15) is 18.1 Å². The van der Waals surface area contributed by atoms with Gasteiger partial charge in [0, 0.05) is 5.56 Å². The van der Waals surface area contributed by atoms with E-state index in [1.54, 1.807) is 7.11 Å². The van der Waals surface area contributed by atoms with Gasteiger partial charge in [-0.05, 0) is 62.4 Å². The first kappa shape index (κ1) is 23.3. The predicted octanol–water partition coefficient (Wildman–Crippen LogP) is 6.10. The van der Waals surface area contributed by atoms with Crippen LogP contribution in [-0.4, -0.2) is 31.6 Å². The second-order valence-corrected chi connectivity index (χ2v) is 8.29.